The molecule has 2 aromatic carbocycles. The maximum Gasteiger partial charge on any atom is 0.251 e. The standard InChI is InChI=1S/C15H12Br2ClNO/c1-9(10-2-4-12(16)5-3-10)19-15(20)11-6-13(17)8-14(18)7-11/h2-9H,1H3,(H,19,20). The molecule has 0 aliphatic carbocycles. The molecule has 0 bridgehead atoms. The smallest absolute Gasteiger partial charge is 0.251 e. The number of carbonyl (C=O) groups is 1. The summed E-state index contributed by atoms with van der Waals surface area (Å²) in [4.78, 5) is 12.2. The molecule has 0 fully saturated rings. The number of hydrogen-bond acceptors (Lipinski definition) is 1. The summed E-state index contributed by atoms with van der Waals surface area (Å²) in [5, 5.41) is 3.48. The summed E-state index contributed by atoms with van der Waals surface area (Å²) in [6.45, 7) is 1.95. The quantitative estimate of drug-likeness (QED) is 0.716. The van der Waals surface area contributed by atoms with Crippen molar-refractivity contribution in [3.8, 4) is 0 Å². The molecule has 0 saturated carbocycles. The Morgan fingerprint density at radius 3 is 2.35 bits per heavy atom. The summed E-state index contributed by atoms with van der Waals surface area (Å²) >= 11 is 12.7. The van der Waals surface area contributed by atoms with E-state index in [-0.39, 0.29) is 11.9 Å². The Labute approximate surface area is 139 Å². The predicted octanol–water partition coefficient (Wildman–Crippen LogP) is 5.36. The second-order valence-electron chi connectivity index (χ2n) is 4.40. The molecule has 2 aromatic rings. The van der Waals surface area contributed by atoms with Crippen LogP contribution in [-0.4, -0.2) is 5.91 Å². The van der Waals surface area contributed by atoms with Crippen molar-refractivity contribution >= 4 is 49.4 Å². The predicted molar refractivity (Wildman–Crippen MR) is 89.2 cm³/mol. The average Bonchev–Trinajstić information content (AvgIpc) is 2.38. The van der Waals surface area contributed by atoms with Crippen LogP contribution in [0.1, 0.15) is 28.9 Å². The van der Waals surface area contributed by atoms with Gasteiger partial charge in [-0.2, -0.15) is 0 Å². The van der Waals surface area contributed by atoms with Gasteiger partial charge in [0.05, 0.1) is 6.04 Å². The van der Waals surface area contributed by atoms with Gasteiger partial charge in [0.15, 0.2) is 0 Å². The molecular weight excluding hydrogens is 405 g/mol. The van der Waals surface area contributed by atoms with Gasteiger partial charge in [0.1, 0.15) is 0 Å². The Morgan fingerprint density at radius 1 is 1.10 bits per heavy atom. The molecule has 1 atom stereocenters. The first kappa shape index (κ1) is 15.5. The third-order valence-electron chi connectivity index (χ3n) is 2.84. The highest BCUT2D eigenvalue weighted by molar-refractivity contribution is 9.10. The molecule has 0 saturated heterocycles. The zero-order valence-corrected chi connectivity index (χ0v) is 14.6. The highest BCUT2D eigenvalue weighted by Gasteiger charge is 2.12. The maximum atomic E-state index is 12.2. The Morgan fingerprint density at radius 2 is 1.75 bits per heavy atom. The van der Waals surface area contributed by atoms with Crippen LogP contribution in [0.25, 0.3) is 0 Å². The van der Waals surface area contributed by atoms with Crippen LogP contribution in [0.15, 0.2) is 51.4 Å². The zero-order valence-electron chi connectivity index (χ0n) is 10.7. The highest BCUT2D eigenvalue weighted by atomic mass is 79.9. The number of hydrogen-bond donors (Lipinski definition) is 1. The van der Waals surface area contributed by atoms with Gasteiger partial charge in [-0.3, -0.25) is 4.79 Å². The largest absolute Gasteiger partial charge is 0.346 e. The van der Waals surface area contributed by atoms with Crippen molar-refractivity contribution in [3.05, 3.63) is 67.6 Å². The van der Waals surface area contributed by atoms with Crippen LogP contribution in [0, 0.1) is 0 Å². The van der Waals surface area contributed by atoms with E-state index < -0.39 is 0 Å². The molecule has 0 aliphatic rings. The summed E-state index contributed by atoms with van der Waals surface area (Å²) in [5.74, 6) is -0.149. The van der Waals surface area contributed by atoms with Crippen LogP contribution in [-0.2, 0) is 0 Å². The number of nitrogens with one attached hydrogen (secondary N) is 1. The SMILES string of the molecule is CC(NC(=O)c1cc(Cl)cc(Br)c1)c1ccc(Br)cc1. The van der Waals surface area contributed by atoms with Gasteiger partial charge in [0.2, 0.25) is 0 Å². The van der Waals surface area contributed by atoms with Crippen molar-refractivity contribution in [2.24, 2.45) is 0 Å². The van der Waals surface area contributed by atoms with Gasteiger partial charge in [-0.25, -0.2) is 0 Å². The molecule has 0 spiro atoms. The Kier molecular flexibility index (Phi) is 5.24. The third kappa shape index (κ3) is 4.08. The minimum atomic E-state index is -0.149. The van der Waals surface area contributed by atoms with Crippen LogP contribution < -0.4 is 5.32 Å². The van der Waals surface area contributed by atoms with Crippen molar-refractivity contribution in [2.75, 3.05) is 0 Å². The molecule has 20 heavy (non-hydrogen) atoms. The highest BCUT2D eigenvalue weighted by Crippen LogP contribution is 2.21. The van der Waals surface area contributed by atoms with Crippen molar-refractivity contribution in [1.82, 2.24) is 5.32 Å². The number of rotatable bonds is 3. The van der Waals surface area contributed by atoms with E-state index in [1.54, 1.807) is 18.2 Å². The lowest BCUT2D eigenvalue weighted by atomic mass is 10.1. The normalized spacial score (nSPS) is 12.0. The fourth-order valence-corrected chi connectivity index (χ4v) is 2.92. The van der Waals surface area contributed by atoms with E-state index in [0.29, 0.717) is 10.6 Å². The van der Waals surface area contributed by atoms with Crippen LogP contribution >= 0.6 is 43.5 Å². The second-order valence-corrected chi connectivity index (χ2v) is 6.67. The Balaban J connectivity index is 2.12. The monoisotopic (exact) mass is 415 g/mol. The summed E-state index contributed by atoms with van der Waals surface area (Å²) in [5.41, 5.74) is 1.58. The second kappa shape index (κ2) is 6.74. The molecule has 104 valence electrons. The van der Waals surface area contributed by atoms with E-state index in [9.17, 15) is 4.79 Å². The zero-order chi connectivity index (χ0) is 14.7. The molecule has 2 nitrogen and oxygen atoms in total. The minimum absolute atomic E-state index is 0.0756. The molecule has 0 aliphatic heterocycles. The first-order chi connectivity index (χ1) is 9.45. The minimum Gasteiger partial charge on any atom is -0.346 e. The van der Waals surface area contributed by atoms with Gasteiger partial charge < -0.3 is 5.32 Å². The molecule has 1 N–H and O–H groups in total. The van der Waals surface area contributed by atoms with Gasteiger partial charge in [-0.05, 0) is 42.8 Å². The molecule has 1 unspecified atom stereocenters. The fraction of sp³-hybridized carbons (Fsp3) is 0.133. The molecular formula is C15H12Br2ClNO. The van der Waals surface area contributed by atoms with E-state index in [1.807, 2.05) is 31.2 Å². The van der Waals surface area contributed by atoms with Gasteiger partial charge in [-0.1, -0.05) is 55.6 Å². The summed E-state index contributed by atoms with van der Waals surface area (Å²) < 4.78 is 1.80. The van der Waals surface area contributed by atoms with Gasteiger partial charge in [0.25, 0.3) is 5.91 Å². The Hall–Kier alpha value is -0.840. The lowest BCUT2D eigenvalue weighted by molar-refractivity contribution is 0.0940. The molecule has 0 aromatic heterocycles. The van der Waals surface area contributed by atoms with E-state index in [0.717, 1.165) is 14.5 Å². The van der Waals surface area contributed by atoms with Crippen LogP contribution in [0.3, 0.4) is 0 Å². The van der Waals surface area contributed by atoms with Gasteiger partial charge >= 0.3 is 0 Å². The molecule has 0 heterocycles. The van der Waals surface area contributed by atoms with E-state index in [2.05, 4.69) is 37.2 Å². The van der Waals surface area contributed by atoms with Crippen molar-refractivity contribution in [2.45, 2.75) is 13.0 Å². The van der Waals surface area contributed by atoms with E-state index in [4.69, 9.17) is 11.6 Å². The third-order valence-corrected chi connectivity index (χ3v) is 4.05. The first-order valence-electron chi connectivity index (χ1n) is 5.98. The van der Waals surface area contributed by atoms with Crippen molar-refractivity contribution in [1.29, 1.82) is 0 Å². The molecule has 5 heteroatoms. The van der Waals surface area contributed by atoms with E-state index in [1.165, 1.54) is 0 Å². The van der Waals surface area contributed by atoms with Crippen LogP contribution in [0.2, 0.25) is 5.02 Å². The number of amides is 1. The summed E-state index contributed by atoms with van der Waals surface area (Å²) in [6.07, 6.45) is 0. The fourth-order valence-electron chi connectivity index (χ4n) is 1.80. The van der Waals surface area contributed by atoms with Crippen molar-refractivity contribution in [3.63, 3.8) is 0 Å². The number of benzene rings is 2. The van der Waals surface area contributed by atoms with Crippen LogP contribution in [0.5, 0.6) is 0 Å². The summed E-state index contributed by atoms with van der Waals surface area (Å²) in [6, 6.07) is 12.9. The van der Waals surface area contributed by atoms with Gasteiger partial charge in [-0.15, -0.1) is 0 Å². The lowest BCUT2D eigenvalue weighted by Gasteiger charge is -2.14. The molecule has 0 radical (unpaired) electrons. The van der Waals surface area contributed by atoms with Crippen molar-refractivity contribution < 1.29 is 4.79 Å². The topological polar surface area (TPSA) is 29.1 Å². The lowest BCUT2D eigenvalue weighted by Crippen LogP contribution is -2.26. The first-order valence-corrected chi connectivity index (χ1v) is 7.94. The Bertz CT molecular complexity index is 608. The average molecular weight is 418 g/mol. The maximum absolute atomic E-state index is 12.2. The molecule has 2 rings (SSSR count). The van der Waals surface area contributed by atoms with Gasteiger partial charge in [0, 0.05) is 19.5 Å². The van der Waals surface area contributed by atoms with Crippen LogP contribution in [0.4, 0.5) is 0 Å². The number of carbonyl (C=O) groups excluding carboxylic acids is 1. The number of halogens is 3. The van der Waals surface area contributed by atoms with E-state index >= 15 is 0 Å². The summed E-state index contributed by atoms with van der Waals surface area (Å²) in [7, 11) is 0. The molecule has 1 amide bonds.